The van der Waals surface area contributed by atoms with Crippen LogP contribution in [0.3, 0.4) is 0 Å². The summed E-state index contributed by atoms with van der Waals surface area (Å²) < 4.78 is 47.0. The number of hydrogen-bond donors (Lipinski definition) is 4. The molecule has 2 saturated carbocycles. The quantitative estimate of drug-likeness (QED) is 0.220. The topological polar surface area (TPSA) is 243 Å². The van der Waals surface area contributed by atoms with E-state index in [-0.39, 0.29) is 42.7 Å². The molecule has 18 nitrogen and oxygen atoms in total. The Kier molecular flexibility index (Phi) is 6.69. The third kappa shape index (κ3) is 4.64. The van der Waals surface area contributed by atoms with Crippen molar-refractivity contribution < 1.29 is 37.2 Å². The van der Waals surface area contributed by atoms with Crippen molar-refractivity contribution in [3.8, 4) is 0 Å². The van der Waals surface area contributed by atoms with E-state index >= 15 is 0 Å². The van der Waals surface area contributed by atoms with Crippen molar-refractivity contribution in [2.45, 2.75) is 50.8 Å². The fraction of sp³-hybridized carbons (Fsp3) is 0.583. The van der Waals surface area contributed by atoms with E-state index in [1.165, 1.54) is 19.0 Å². The van der Waals surface area contributed by atoms with Crippen molar-refractivity contribution in [3.05, 3.63) is 25.3 Å². The first-order valence-electron chi connectivity index (χ1n) is 14.2. The molecular formula is C24H30N10O8P2S. The van der Waals surface area contributed by atoms with Gasteiger partial charge in [-0.1, -0.05) is 13.8 Å². The molecule has 4 aliphatic rings. The predicted molar refractivity (Wildman–Crippen MR) is 159 cm³/mol. The average Bonchev–Trinajstić information content (AvgIpc) is 3.28. The summed E-state index contributed by atoms with van der Waals surface area (Å²) in [4.78, 5) is 47.8. The minimum Gasteiger partial charge on any atom is -0.382 e. The van der Waals surface area contributed by atoms with Crippen molar-refractivity contribution in [2.24, 2.45) is 23.2 Å². The highest BCUT2D eigenvalue weighted by atomic mass is 32.5. The number of nitrogens with two attached hydrogens (primary N) is 2. The fourth-order valence-electron chi connectivity index (χ4n) is 7.39. The summed E-state index contributed by atoms with van der Waals surface area (Å²) in [5.74, 6) is -0.470. The molecule has 2 bridgehead atoms. The number of ether oxygens (including phenoxy) is 1. The van der Waals surface area contributed by atoms with E-state index in [0.717, 1.165) is 0 Å². The number of hydrogen-bond acceptors (Lipinski definition) is 15. The van der Waals surface area contributed by atoms with Gasteiger partial charge in [0.2, 0.25) is 0 Å². The summed E-state index contributed by atoms with van der Waals surface area (Å²) in [6.07, 6.45) is 2.88. The molecule has 2 saturated heterocycles. The van der Waals surface area contributed by atoms with Gasteiger partial charge < -0.3 is 39.6 Å². The maximum absolute atomic E-state index is 13.6. The summed E-state index contributed by atoms with van der Waals surface area (Å²) >= 11 is 5.51. The Morgan fingerprint density at radius 3 is 2.27 bits per heavy atom. The van der Waals surface area contributed by atoms with E-state index in [1.54, 1.807) is 17.8 Å². The van der Waals surface area contributed by atoms with Gasteiger partial charge >= 0.3 is 14.5 Å². The number of imidazole rings is 2. The number of fused-ring (bicyclic) bond motifs is 4. The second-order valence-electron chi connectivity index (χ2n) is 12.1. The predicted octanol–water partition coefficient (Wildman–Crippen LogP) is 1.70. The minimum absolute atomic E-state index is 0.0971. The normalized spacial score (nSPS) is 41.7. The summed E-state index contributed by atoms with van der Waals surface area (Å²) in [5.41, 5.74) is 12.9. The zero-order valence-corrected chi connectivity index (χ0v) is 26.5. The number of rotatable bonds is 2. The largest absolute Gasteiger partial charge is 0.472 e. The Labute approximate surface area is 260 Å². The van der Waals surface area contributed by atoms with E-state index < -0.39 is 50.4 Å². The monoisotopic (exact) mass is 680 g/mol. The lowest BCUT2D eigenvalue weighted by Crippen LogP contribution is -2.33. The molecular weight excluding hydrogens is 650 g/mol. The fourth-order valence-corrected chi connectivity index (χ4v) is 10.0. The molecule has 4 aromatic heterocycles. The van der Waals surface area contributed by atoms with Gasteiger partial charge in [0.1, 0.15) is 29.8 Å². The van der Waals surface area contributed by atoms with Crippen LogP contribution < -0.4 is 11.5 Å². The van der Waals surface area contributed by atoms with Crippen molar-refractivity contribution in [3.63, 3.8) is 0 Å². The maximum Gasteiger partial charge on any atom is 0.472 e. The van der Waals surface area contributed by atoms with Crippen LogP contribution in [0.5, 0.6) is 0 Å². The first-order chi connectivity index (χ1) is 21.4. The minimum atomic E-state index is -4.69. The van der Waals surface area contributed by atoms with E-state index in [4.69, 9.17) is 46.1 Å². The van der Waals surface area contributed by atoms with Crippen molar-refractivity contribution >= 4 is 60.3 Å². The van der Waals surface area contributed by atoms with Crippen molar-refractivity contribution in [1.29, 1.82) is 0 Å². The molecule has 0 radical (unpaired) electrons. The van der Waals surface area contributed by atoms with Crippen molar-refractivity contribution in [1.82, 2.24) is 39.0 Å². The second kappa shape index (κ2) is 10.1. The molecule has 2 aliphatic carbocycles. The molecule has 11 atom stereocenters. The molecule has 240 valence electrons. The third-order valence-electron chi connectivity index (χ3n) is 9.64. The Morgan fingerprint density at radius 1 is 0.933 bits per heavy atom. The van der Waals surface area contributed by atoms with Crippen LogP contribution in [0.2, 0.25) is 0 Å². The Hall–Kier alpha value is -2.70. The van der Waals surface area contributed by atoms with Gasteiger partial charge in [0.05, 0.1) is 38.1 Å². The second-order valence-corrected chi connectivity index (χ2v) is 16.3. The number of phosphoric ester groups is 1. The highest BCUT2D eigenvalue weighted by molar-refractivity contribution is 8.07. The van der Waals surface area contributed by atoms with Gasteiger partial charge in [0, 0.05) is 23.3 Å². The Balaban J connectivity index is 1.14. The Morgan fingerprint density at radius 2 is 1.58 bits per heavy atom. The summed E-state index contributed by atoms with van der Waals surface area (Å²) in [7, 11) is -4.69. The van der Waals surface area contributed by atoms with Gasteiger partial charge in [-0.15, -0.1) is 0 Å². The van der Waals surface area contributed by atoms with Crippen LogP contribution in [-0.4, -0.2) is 80.4 Å². The van der Waals surface area contributed by atoms with Crippen LogP contribution in [0.25, 0.3) is 22.3 Å². The lowest BCUT2D eigenvalue weighted by atomic mass is 9.94. The molecule has 0 amide bonds. The molecule has 0 aromatic carbocycles. The van der Waals surface area contributed by atoms with Crippen molar-refractivity contribution in [2.75, 3.05) is 24.7 Å². The number of nitrogen functional groups attached to an aromatic ring is 2. The van der Waals surface area contributed by atoms with Gasteiger partial charge in [0.15, 0.2) is 29.2 Å². The molecule has 6 N–H and O–H groups in total. The lowest BCUT2D eigenvalue weighted by molar-refractivity contribution is -0.0550. The van der Waals surface area contributed by atoms with Crippen LogP contribution >= 0.6 is 14.5 Å². The highest BCUT2D eigenvalue weighted by Crippen LogP contribution is 2.73. The van der Waals surface area contributed by atoms with Gasteiger partial charge in [-0.25, -0.2) is 34.5 Å². The summed E-state index contributed by atoms with van der Waals surface area (Å²) in [5, 5.41) is 0. The van der Waals surface area contributed by atoms with Crippen LogP contribution in [0.4, 0.5) is 11.6 Å². The zero-order valence-electron chi connectivity index (χ0n) is 23.9. The van der Waals surface area contributed by atoms with E-state index in [0.29, 0.717) is 28.7 Å². The van der Waals surface area contributed by atoms with Gasteiger partial charge in [-0.2, -0.15) is 0 Å². The van der Waals surface area contributed by atoms with Gasteiger partial charge in [0.25, 0.3) is 0 Å². The molecule has 4 fully saturated rings. The smallest absolute Gasteiger partial charge is 0.382 e. The maximum atomic E-state index is 13.6. The summed E-state index contributed by atoms with van der Waals surface area (Å²) in [6.45, 7) is -0.510. The van der Waals surface area contributed by atoms with Crippen LogP contribution in [0.15, 0.2) is 25.3 Å². The summed E-state index contributed by atoms with van der Waals surface area (Å²) in [6, 6.07) is -0.229. The first kappa shape index (κ1) is 29.7. The molecule has 45 heavy (non-hydrogen) atoms. The van der Waals surface area contributed by atoms with Gasteiger partial charge in [-0.3, -0.25) is 13.6 Å². The average molecular weight is 681 g/mol. The highest BCUT2D eigenvalue weighted by Gasteiger charge is 2.72. The standard InChI is InChI=1S/C24H30N10O8P2S/c1-10-13-4-38-44(37,45)42-18-11(2)16(33-8-31-14-19(25)27-6-29-21(14)33)12-3-24(12,18)5-39-43(35,36)41-17(10)23(40-13)34-9-32-15-20(26)28-7-30-22(15)34/h6-13,16-18,23H,3-5H2,1-2H3,(H,35,36)(H,37,45)(H2,25,27,29)(H2,26,28,30)/t10-,11+,12-,13-,16+,17-,18+,23-,24?,44?/m1/s1. The molecule has 1 spiro atoms. The Bertz CT molecular complexity index is 1930. The van der Waals surface area contributed by atoms with Crippen LogP contribution in [0.1, 0.15) is 32.5 Å². The molecule has 6 heterocycles. The zero-order chi connectivity index (χ0) is 31.5. The van der Waals surface area contributed by atoms with E-state index in [9.17, 15) is 14.4 Å². The lowest BCUT2D eigenvalue weighted by Gasteiger charge is -2.32. The van der Waals surface area contributed by atoms with Gasteiger partial charge in [-0.05, 0) is 24.1 Å². The van der Waals surface area contributed by atoms with Crippen LogP contribution in [-0.2, 0) is 39.2 Å². The molecule has 2 aliphatic heterocycles. The third-order valence-corrected chi connectivity index (χ3v) is 12.2. The number of aromatic nitrogens is 8. The molecule has 21 heteroatoms. The molecule has 8 rings (SSSR count). The first-order valence-corrected chi connectivity index (χ1v) is 18.3. The van der Waals surface area contributed by atoms with E-state index in [1.807, 2.05) is 11.5 Å². The number of anilines is 2. The number of phosphoric acid groups is 1. The molecule has 3 unspecified atom stereocenters. The van der Waals surface area contributed by atoms with Crippen LogP contribution in [0, 0.1) is 23.2 Å². The van der Waals surface area contributed by atoms with E-state index in [2.05, 4.69) is 29.9 Å². The molecule has 4 aromatic rings. The SMILES string of the molecule is C[C@H]1[C@H]2OP(=O)(O)OCC34C[C@@H]3[C@@H](n3cnc5c(N)ncnc53)[C@H](C)[C@@H]4OP(O)(=S)OC[C@H]1O[C@H]2n1cnc2c(N)ncnc21. The number of nitrogens with zero attached hydrogens (tertiary/aromatic N) is 8.